The zero-order chi connectivity index (χ0) is 14.4. The summed E-state index contributed by atoms with van der Waals surface area (Å²) in [6.45, 7) is 7.38. The lowest BCUT2D eigenvalue weighted by molar-refractivity contribution is 0.644. The maximum absolute atomic E-state index is 7.38. The standard InChI is InChI=1S/C18H15N3/c1-20-15-10-8-12-14(19)9-7-13-16(12)18(15)21-17(13)11-5-3-2-4-6-11/h2-6,8,10,14,21H,7,9,19H2. The highest BCUT2D eigenvalue weighted by Crippen LogP contribution is 2.42. The molecule has 1 aliphatic carbocycles. The Bertz CT molecular complexity index is 869. The summed E-state index contributed by atoms with van der Waals surface area (Å²) in [4.78, 5) is 7.13. The lowest BCUT2D eigenvalue weighted by Gasteiger charge is -2.20. The highest BCUT2D eigenvalue weighted by Gasteiger charge is 2.25. The molecule has 3 heteroatoms. The predicted molar refractivity (Wildman–Crippen MR) is 85.2 cm³/mol. The van der Waals surface area contributed by atoms with Crippen LogP contribution in [0.2, 0.25) is 0 Å². The monoisotopic (exact) mass is 273 g/mol. The molecule has 21 heavy (non-hydrogen) atoms. The lowest BCUT2D eigenvalue weighted by atomic mass is 9.87. The van der Waals surface area contributed by atoms with Crippen molar-refractivity contribution >= 4 is 16.6 Å². The Morgan fingerprint density at radius 2 is 1.95 bits per heavy atom. The van der Waals surface area contributed by atoms with Gasteiger partial charge >= 0.3 is 0 Å². The van der Waals surface area contributed by atoms with E-state index in [-0.39, 0.29) is 6.04 Å². The Labute approximate surface area is 123 Å². The molecule has 0 amide bonds. The first kappa shape index (κ1) is 12.2. The van der Waals surface area contributed by atoms with Gasteiger partial charge in [-0.25, -0.2) is 4.85 Å². The third kappa shape index (κ3) is 1.70. The van der Waals surface area contributed by atoms with Crippen LogP contribution in [0.5, 0.6) is 0 Å². The number of hydrogen-bond donors (Lipinski definition) is 2. The summed E-state index contributed by atoms with van der Waals surface area (Å²) in [5.41, 5.74) is 12.6. The average molecular weight is 273 g/mol. The molecule has 0 bridgehead atoms. The Balaban J connectivity index is 2.10. The number of nitrogens with two attached hydrogens (primary N) is 1. The maximum atomic E-state index is 7.38. The molecule has 2 aromatic carbocycles. The smallest absolute Gasteiger partial charge is 0.210 e. The maximum Gasteiger partial charge on any atom is 0.210 e. The van der Waals surface area contributed by atoms with Gasteiger partial charge in [0.2, 0.25) is 5.69 Å². The summed E-state index contributed by atoms with van der Waals surface area (Å²) in [7, 11) is 0. The van der Waals surface area contributed by atoms with Crippen LogP contribution in [-0.2, 0) is 6.42 Å². The van der Waals surface area contributed by atoms with E-state index in [0.29, 0.717) is 5.69 Å². The second-order valence-electron chi connectivity index (χ2n) is 5.53. The van der Waals surface area contributed by atoms with Crippen molar-refractivity contribution in [1.29, 1.82) is 0 Å². The van der Waals surface area contributed by atoms with Gasteiger partial charge in [0.15, 0.2) is 0 Å². The van der Waals surface area contributed by atoms with E-state index in [1.165, 1.54) is 16.5 Å². The van der Waals surface area contributed by atoms with Gasteiger partial charge < -0.3 is 10.7 Å². The van der Waals surface area contributed by atoms with Crippen molar-refractivity contribution in [3.8, 4) is 11.3 Å². The molecule has 0 saturated carbocycles. The first-order valence-corrected chi connectivity index (χ1v) is 7.15. The molecule has 1 heterocycles. The van der Waals surface area contributed by atoms with Crippen molar-refractivity contribution in [3.05, 3.63) is 65.0 Å². The molecule has 0 saturated heterocycles. The van der Waals surface area contributed by atoms with Gasteiger partial charge in [0, 0.05) is 11.7 Å². The Morgan fingerprint density at radius 1 is 1.14 bits per heavy atom. The van der Waals surface area contributed by atoms with Crippen molar-refractivity contribution in [2.24, 2.45) is 5.73 Å². The quantitative estimate of drug-likeness (QED) is 0.637. The molecule has 102 valence electrons. The van der Waals surface area contributed by atoms with Gasteiger partial charge in [-0.15, -0.1) is 0 Å². The number of benzene rings is 2. The van der Waals surface area contributed by atoms with Crippen LogP contribution < -0.4 is 5.73 Å². The van der Waals surface area contributed by atoms with Gasteiger partial charge in [0.25, 0.3) is 0 Å². The van der Waals surface area contributed by atoms with Gasteiger partial charge in [0.05, 0.1) is 12.1 Å². The third-order valence-corrected chi connectivity index (χ3v) is 4.36. The van der Waals surface area contributed by atoms with Crippen molar-refractivity contribution in [2.45, 2.75) is 18.9 Å². The number of H-pyrrole nitrogens is 1. The van der Waals surface area contributed by atoms with E-state index in [4.69, 9.17) is 12.3 Å². The minimum absolute atomic E-state index is 0.0687. The number of nitrogens with one attached hydrogen (secondary N) is 1. The summed E-state index contributed by atoms with van der Waals surface area (Å²) in [6, 6.07) is 14.3. The molecule has 3 aromatic rings. The molecule has 3 N–H and O–H groups in total. The SMILES string of the molecule is [C-]#[N+]c1ccc2c3c(c(-c4ccccc4)[nH]c13)CCC2N. The zero-order valence-electron chi connectivity index (χ0n) is 11.6. The van der Waals surface area contributed by atoms with Crippen LogP contribution in [0.3, 0.4) is 0 Å². The fraction of sp³-hybridized carbons (Fsp3) is 0.167. The molecule has 1 unspecified atom stereocenters. The molecular formula is C18H15N3. The molecule has 1 aliphatic rings. The van der Waals surface area contributed by atoms with E-state index in [1.807, 2.05) is 30.3 Å². The second-order valence-corrected chi connectivity index (χ2v) is 5.53. The summed E-state index contributed by atoms with van der Waals surface area (Å²) >= 11 is 0. The number of rotatable bonds is 1. The van der Waals surface area contributed by atoms with Crippen LogP contribution >= 0.6 is 0 Å². The third-order valence-electron chi connectivity index (χ3n) is 4.36. The normalized spacial score (nSPS) is 16.9. The van der Waals surface area contributed by atoms with Crippen molar-refractivity contribution in [1.82, 2.24) is 4.98 Å². The van der Waals surface area contributed by atoms with E-state index >= 15 is 0 Å². The minimum atomic E-state index is 0.0687. The van der Waals surface area contributed by atoms with Gasteiger partial charge in [-0.3, -0.25) is 0 Å². The summed E-state index contributed by atoms with van der Waals surface area (Å²) in [5.74, 6) is 0. The van der Waals surface area contributed by atoms with Gasteiger partial charge in [-0.2, -0.15) is 0 Å². The Morgan fingerprint density at radius 3 is 2.71 bits per heavy atom. The number of aromatic amines is 1. The van der Waals surface area contributed by atoms with Crippen molar-refractivity contribution in [3.63, 3.8) is 0 Å². The van der Waals surface area contributed by atoms with Crippen molar-refractivity contribution < 1.29 is 0 Å². The van der Waals surface area contributed by atoms with E-state index in [0.717, 1.165) is 29.6 Å². The number of aromatic nitrogens is 1. The van der Waals surface area contributed by atoms with Crippen LogP contribution in [-0.4, -0.2) is 4.98 Å². The molecule has 1 aromatic heterocycles. The number of aryl methyl sites for hydroxylation is 1. The van der Waals surface area contributed by atoms with Crippen LogP contribution in [0.1, 0.15) is 23.6 Å². The highest BCUT2D eigenvalue weighted by atomic mass is 14.8. The van der Waals surface area contributed by atoms with E-state index < -0.39 is 0 Å². The molecular weight excluding hydrogens is 258 g/mol. The molecule has 4 rings (SSSR count). The van der Waals surface area contributed by atoms with Crippen LogP contribution in [0.4, 0.5) is 5.69 Å². The van der Waals surface area contributed by atoms with Gasteiger partial charge in [-0.1, -0.05) is 42.5 Å². The fourth-order valence-corrected chi connectivity index (χ4v) is 3.34. The number of hydrogen-bond acceptors (Lipinski definition) is 1. The molecule has 3 nitrogen and oxygen atoms in total. The largest absolute Gasteiger partial charge is 0.364 e. The molecule has 0 fully saturated rings. The van der Waals surface area contributed by atoms with E-state index in [9.17, 15) is 0 Å². The van der Waals surface area contributed by atoms with Gasteiger partial charge in [0.1, 0.15) is 0 Å². The fourth-order valence-electron chi connectivity index (χ4n) is 3.34. The summed E-state index contributed by atoms with van der Waals surface area (Å²) in [6.07, 6.45) is 1.91. The van der Waals surface area contributed by atoms with Gasteiger partial charge in [-0.05, 0) is 34.9 Å². The molecule has 1 atom stereocenters. The first-order chi connectivity index (χ1) is 10.3. The minimum Gasteiger partial charge on any atom is -0.364 e. The van der Waals surface area contributed by atoms with Crippen molar-refractivity contribution in [2.75, 3.05) is 0 Å². The van der Waals surface area contributed by atoms with Crippen LogP contribution in [0, 0.1) is 6.57 Å². The Kier molecular flexibility index (Phi) is 2.60. The lowest BCUT2D eigenvalue weighted by Crippen LogP contribution is -2.15. The van der Waals surface area contributed by atoms with Crippen LogP contribution in [0.15, 0.2) is 42.5 Å². The van der Waals surface area contributed by atoms with E-state index in [2.05, 4.69) is 22.0 Å². The zero-order valence-corrected chi connectivity index (χ0v) is 11.6. The van der Waals surface area contributed by atoms with Crippen LogP contribution in [0.25, 0.3) is 27.0 Å². The predicted octanol–water partition coefficient (Wildman–Crippen LogP) is 4.33. The topological polar surface area (TPSA) is 46.2 Å². The second kappa shape index (κ2) is 4.47. The van der Waals surface area contributed by atoms with E-state index in [1.54, 1.807) is 0 Å². The molecule has 0 aliphatic heterocycles. The average Bonchev–Trinajstić information content (AvgIpc) is 2.92. The highest BCUT2D eigenvalue weighted by molar-refractivity contribution is 6.01. The first-order valence-electron chi connectivity index (χ1n) is 7.15. The summed E-state index contributed by atoms with van der Waals surface area (Å²) < 4.78 is 0. The molecule has 0 spiro atoms. The summed E-state index contributed by atoms with van der Waals surface area (Å²) in [5, 5.41) is 1.17. The number of nitrogens with zero attached hydrogens (tertiary/aromatic N) is 1. The molecule has 0 radical (unpaired) electrons. The Hall–Kier alpha value is -2.57.